The van der Waals surface area contributed by atoms with E-state index < -0.39 is 0 Å². The molecule has 0 amide bonds. The average Bonchev–Trinajstić information content (AvgIpc) is 2.67. The van der Waals surface area contributed by atoms with E-state index in [0.29, 0.717) is 0 Å². The van der Waals surface area contributed by atoms with Crippen molar-refractivity contribution in [1.29, 1.82) is 0 Å². The van der Waals surface area contributed by atoms with Crippen molar-refractivity contribution in [3.8, 4) is 11.1 Å². The van der Waals surface area contributed by atoms with Crippen LogP contribution in [-0.4, -0.2) is 4.98 Å². The summed E-state index contributed by atoms with van der Waals surface area (Å²) in [4.78, 5) is 4.77. The van der Waals surface area contributed by atoms with Crippen LogP contribution < -0.4 is 0 Å². The van der Waals surface area contributed by atoms with Gasteiger partial charge in [0.1, 0.15) is 0 Å². The van der Waals surface area contributed by atoms with Crippen LogP contribution in [0.2, 0.25) is 0 Å². The van der Waals surface area contributed by atoms with Gasteiger partial charge in [-0.15, -0.1) is 0 Å². The maximum Gasteiger partial charge on any atom is 0.0787 e. The van der Waals surface area contributed by atoms with Crippen LogP contribution in [0.15, 0.2) is 91.1 Å². The molecule has 0 atom stereocenters. The molecule has 0 unspecified atom stereocenters. The fourth-order valence-corrected chi connectivity index (χ4v) is 3.55. The van der Waals surface area contributed by atoms with E-state index in [-0.39, 0.29) is 0 Å². The third-order valence-corrected chi connectivity index (χ3v) is 4.68. The molecule has 0 radical (unpaired) electrons. The van der Waals surface area contributed by atoms with E-state index in [2.05, 4.69) is 84.9 Å². The van der Waals surface area contributed by atoms with Gasteiger partial charge in [-0.1, -0.05) is 78.9 Å². The first-order chi connectivity index (χ1) is 11.9. The van der Waals surface area contributed by atoms with Crippen molar-refractivity contribution in [1.82, 2.24) is 4.98 Å². The minimum Gasteiger partial charge on any atom is -0.255 e. The van der Waals surface area contributed by atoms with Crippen LogP contribution in [0.3, 0.4) is 0 Å². The van der Waals surface area contributed by atoms with Gasteiger partial charge in [0.15, 0.2) is 0 Å². The van der Waals surface area contributed by atoms with E-state index in [9.17, 15) is 0 Å². The summed E-state index contributed by atoms with van der Waals surface area (Å²) >= 11 is 0. The van der Waals surface area contributed by atoms with Gasteiger partial charge in [-0.2, -0.15) is 0 Å². The zero-order valence-electron chi connectivity index (χ0n) is 13.1. The third-order valence-electron chi connectivity index (χ3n) is 4.68. The highest BCUT2D eigenvalue weighted by Crippen LogP contribution is 2.36. The lowest BCUT2D eigenvalue weighted by Gasteiger charge is -2.12. The molecule has 0 saturated carbocycles. The Bertz CT molecular complexity index is 1190. The largest absolute Gasteiger partial charge is 0.255 e. The zero-order chi connectivity index (χ0) is 15.9. The smallest absolute Gasteiger partial charge is 0.0787 e. The van der Waals surface area contributed by atoms with Gasteiger partial charge in [0.25, 0.3) is 0 Å². The van der Waals surface area contributed by atoms with Crippen LogP contribution in [0.25, 0.3) is 43.6 Å². The van der Waals surface area contributed by atoms with Crippen molar-refractivity contribution in [2.45, 2.75) is 0 Å². The predicted octanol–water partition coefficient (Wildman–Crippen LogP) is 6.21. The number of hydrogen-bond acceptors (Lipinski definition) is 1. The fourth-order valence-electron chi connectivity index (χ4n) is 3.55. The molecule has 0 spiro atoms. The summed E-state index contributed by atoms with van der Waals surface area (Å²) in [5.74, 6) is 0. The molecule has 1 heterocycles. The molecule has 4 aromatic carbocycles. The number of pyridine rings is 1. The molecular weight excluding hydrogens is 290 g/mol. The quantitative estimate of drug-likeness (QED) is 0.336. The lowest BCUT2D eigenvalue weighted by Crippen LogP contribution is -1.88. The second kappa shape index (κ2) is 5.17. The zero-order valence-corrected chi connectivity index (χ0v) is 13.1. The standard InChI is InChI=1S/C23H15N/c1-2-8-16(9-3-1)21-14-22-18-11-5-4-10-17(18)15-24-23(22)20-13-7-6-12-19(20)21/h1-15H. The molecule has 0 aliphatic heterocycles. The maximum atomic E-state index is 4.77. The topological polar surface area (TPSA) is 12.9 Å². The second-order valence-corrected chi connectivity index (χ2v) is 6.08. The molecule has 1 nitrogen and oxygen atoms in total. The lowest BCUT2D eigenvalue weighted by molar-refractivity contribution is 1.46. The molecule has 0 fully saturated rings. The lowest BCUT2D eigenvalue weighted by atomic mass is 9.93. The molecule has 0 aliphatic rings. The molecular formula is C23H15N. The second-order valence-electron chi connectivity index (χ2n) is 6.08. The van der Waals surface area contributed by atoms with Gasteiger partial charge in [0.2, 0.25) is 0 Å². The summed E-state index contributed by atoms with van der Waals surface area (Å²) in [6.45, 7) is 0. The van der Waals surface area contributed by atoms with Crippen LogP contribution in [0.4, 0.5) is 0 Å². The first-order valence-corrected chi connectivity index (χ1v) is 8.16. The Balaban J connectivity index is 2.02. The Morgan fingerprint density at radius 2 is 1.21 bits per heavy atom. The Morgan fingerprint density at radius 3 is 2.04 bits per heavy atom. The minimum absolute atomic E-state index is 1.07. The number of nitrogens with zero attached hydrogens (tertiary/aromatic N) is 1. The number of aromatic nitrogens is 1. The van der Waals surface area contributed by atoms with Crippen molar-refractivity contribution in [3.05, 3.63) is 91.1 Å². The van der Waals surface area contributed by atoms with Gasteiger partial charge in [-0.05, 0) is 28.0 Å². The van der Waals surface area contributed by atoms with E-state index in [1.165, 1.54) is 38.1 Å². The summed E-state index contributed by atoms with van der Waals surface area (Å²) in [6.07, 6.45) is 1.98. The molecule has 1 aromatic heterocycles. The Labute approximate surface area is 140 Å². The fraction of sp³-hybridized carbons (Fsp3) is 0. The Kier molecular flexibility index (Phi) is 2.86. The Morgan fingerprint density at radius 1 is 0.542 bits per heavy atom. The van der Waals surface area contributed by atoms with Gasteiger partial charge >= 0.3 is 0 Å². The molecule has 5 aromatic rings. The van der Waals surface area contributed by atoms with Crippen molar-refractivity contribution < 1.29 is 0 Å². The van der Waals surface area contributed by atoms with E-state index in [1.54, 1.807) is 0 Å². The third kappa shape index (κ3) is 1.92. The maximum absolute atomic E-state index is 4.77. The minimum atomic E-state index is 1.07. The van der Waals surface area contributed by atoms with E-state index in [0.717, 1.165) is 5.52 Å². The summed E-state index contributed by atoms with van der Waals surface area (Å²) in [5.41, 5.74) is 3.57. The van der Waals surface area contributed by atoms with Crippen LogP contribution >= 0.6 is 0 Å². The molecule has 0 N–H and O–H groups in total. The SMILES string of the molecule is c1ccc(-c2cc3c4ccccc4cnc3c3ccccc23)cc1. The number of hydrogen-bond donors (Lipinski definition) is 0. The summed E-state index contributed by atoms with van der Waals surface area (Å²) in [6, 6.07) is 29.9. The van der Waals surface area contributed by atoms with Crippen molar-refractivity contribution >= 4 is 32.4 Å². The summed E-state index contributed by atoms with van der Waals surface area (Å²) < 4.78 is 0. The van der Waals surface area contributed by atoms with Crippen LogP contribution in [0, 0.1) is 0 Å². The highest BCUT2D eigenvalue weighted by atomic mass is 14.7. The monoisotopic (exact) mass is 305 g/mol. The highest BCUT2D eigenvalue weighted by Gasteiger charge is 2.11. The van der Waals surface area contributed by atoms with Crippen molar-refractivity contribution in [3.63, 3.8) is 0 Å². The van der Waals surface area contributed by atoms with Gasteiger partial charge in [0, 0.05) is 22.4 Å². The first-order valence-electron chi connectivity index (χ1n) is 8.16. The number of rotatable bonds is 1. The average molecular weight is 305 g/mol. The summed E-state index contributed by atoms with van der Waals surface area (Å²) in [5, 5.41) is 6.11. The highest BCUT2D eigenvalue weighted by molar-refractivity contribution is 6.19. The summed E-state index contributed by atoms with van der Waals surface area (Å²) in [7, 11) is 0. The van der Waals surface area contributed by atoms with Crippen LogP contribution in [0.1, 0.15) is 0 Å². The van der Waals surface area contributed by atoms with Gasteiger partial charge < -0.3 is 0 Å². The normalized spacial score (nSPS) is 11.3. The van der Waals surface area contributed by atoms with E-state index in [1.807, 2.05) is 6.20 Å². The molecule has 24 heavy (non-hydrogen) atoms. The number of fused-ring (bicyclic) bond motifs is 5. The predicted molar refractivity (Wildman–Crippen MR) is 102 cm³/mol. The molecule has 1 heteroatoms. The Hall–Kier alpha value is -3.19. The van der Waals surface area contributed by atoms with Crippen molar-refractivity contribution in [2.24, 2.45) is 0 Å². The molecule has 5 rings (SSSR count). The molecule has 0 aliphatic carbocycles. The van der Waals surface area contributed by atoms with E-state index >= 15 is 0 Å². The number of benzene rings is 4. The van der Waals surface area contributed by atoms with Gasteiger partial charge in [0.05, 0.1) is 5.52 Å². The molecule has 112 valence electrons. The first kappa shape index (κ1) is 13.3. The van der Waals surface area contributed by atoms with Gasteiger partial charge in [-0.25, -0.2) is 0 Å². The molecule has 0 saturated heterocycles. The van der Waals surface area contributed by atoms with Crippen LogP contribution in [0.5, 0.6) is 0 Å². The molecule has 0 bridgehead atoms. The van der Waals surface area contributed by atoms with E-state index in [4.69, 9.17) is 4.98 Å². The van der Waals surface area contributed by atoms with Crippen molar-refractivity contribution in [2.75, 3.05) is 0 Å². The van der Waals surface area contributed by atoms with Gasteiger partial charge in [-0.3, -0.25) is 4.98 Å². The van der Waals surface area contributed by atoms with Crippen LogP contribution in [-0.2, 0) is 0 Å².